The van der Waals surface area contributed by atoms with Crippen molar-refractivity contribution in [3.8, 4) is 0 Å². The van der Waals surface area contributed by atoms with Crippen molar-refractivity contribution in [1.29, 1.82) is 0 Å². The molecule has 0 saturated carbocycles. The third-order valence-electron chi connectivity index (χ3n) is 13.8. The number of aliphatic hydroxyl groups is 2. The number of aliphatic hydroxyl groups excluding tert-OH is 2. The van der Waals surface area contributed by atoms with E-state index in [4.69, 9.17) is 23.7 Å². The summed E-state index contributed by atoms with van der Waals surface area (Å²) in [6.07, 6.45) is 40.6. The highest BCUT2D eigenvalue weighted by Gasteiger charge is 2.50. The van der Waals surface area contributed by atoms with Crippen LogP contribution in [-0.4, -0.2) is 89.2 Å². The summed E-state index contributed by atoms with van der Waals surface area (Å²) in [4.78, 5) is 51.0. The van der Waals surface area contributed by atoms with Gasteiger partial charge in [-0.15, -0.1) is 0 Å². The van der Waals surface area contributed by atoms with Gasteiger partial charge >= 0.3 is 23.9 Å². The van der Waals surface area contributed by atoms with Crippen molar-refractivity contribution in [1.82, 2.24) is 0 Å². The minimum atomic E-state index is -1.90. The van der Waals surface area contributed by atoms with E-state index in [1.54, 1.807) is 0 Å². The molecule has 0 aliphatic carbocycles. The highest BCUT2D eigenvalue weighted by atomic mass is 16.7. The Morgan fingerprint density at radius 2 is 0.803 bits per heavy atom. The molecule has 416 valence electrons. The van der Waals surface area contributed by atoms with E-state index in [0.717, 1.165) is 83.5 Å². The molecule has 1 heterocycles. The minimum Gasteiger partial charge on any atom is -0.479 e. The number of allylic oxidation sites excluding steroid dienone is 2. The van der Waals surface area contributed by atoms with Gasteiger partial charge in [0.25, 0.3) is 0 Å². The summed E-state index contributed by atoms with van der Waals surface area (Å²) < 4.78 is 28.4. The largest absolute Gasteiger partial charge is 0.479 e. The summed E-state index contributed by atoms with van der Waals surface area (Å²) in [5.41, 5.74) is 0. The number of carbonyl (C=O) groups is 4. The van der Waals surface area contributed by atoms with Crippen LogP contribution in [0.4, 0.5) is 0 Å². The van der Waals surface area contributed by atoms with Crippen molar-refractivity contribution in [2.75, 3.05) is 13.2 Å². The lowest BCUT2D eigenvalue weighted by Crippen LogP contribution is -2.61. The number of carboxylic acid groups (broad SMARTS) is 1. The average molecular weight is 1010 g/mol. The van der Waals surface area contributed by atoms with E-state index in [2.05, 4.69) is 32.9 Å². The van der Waals surface area contributed by atoms with Crippen LogP contribution in [0.25, 0.3) is 0 Å². The van der Waals surface area contributed by atoms with Gasteiger partial charge in [-0.3, -0.25) is 14.4 Å². The number of carboxylic acids is 1. The summed E-state index contributed by atoms with van der Waals surface area (Å²) in [5.74, 6) is -3.10. The molecular weight excluding hydrogens is 901 g/mol. The quantitative estimate of drug-likeness (QED) is 0.0228. The lowest BCUT2D eigenvalue weighted by molar-refractivity contribution is -0.301. The lowest BCUT2D eigenvalue weighted by atomic mass is 9.98. The summed E-state index contributed by atoms with van der Waals surface area (Å²) >= 11 is 0. The topological polar surface area (TPSA) is 175 Å². The van der Waals surface area contributed by atoms with Gasteiger partial charge in [-0.25, -0.2) is 4.79 Å². The fraction of sp³-hybridized carbons (Fsp3) is 0.898. The molecule has 1 saturated heterocycles. The fourth-order valence-electron chi connectivity index (χ4n) is 9.25. The Balaban J connectivity index is 2.65. The van der Waals surface area contributed by atoms with Crippen molar-refractivity contribution in [2.24, 2.45) is 0 Å². The van der Waals surface area contributed by atoms with Gasteiger partial charge in [0.1, 0.15) is 18.8 Å². The first-order valence-electron chi connectivity index (χ1n) is 29.7. The van der Waals surface area contributed by atoms with E-state index in [1.165, 1.54) is 148 Å². The summed E-state index contributed by atoms with van der Waals surface area (Å²) in [6.45, 7) is 5.98. The van der Waals surface area contributed by atoms with Crippen LogP contribution < -0.4 is 0 Å². The van der Waals surface area contributed by atoms with Crippen LogP contribution >= 0.6 is 0 Å². The fourth-order valence-corrected chi connectivity index (χ4v) is 9.25. The zero-order valence-corrected chi connectivity index (χ0v) is 45.7. The van der Waals surface area contributed by atoms with Crippen LogP contribution in [0.3, 0.4) is 0 Å². The third kappa shape index (κ3) is 38.7. The summed E-state index contributed by atoms with van der Waals surface area (Å²) in [7, 11) is 0. The lowest BCUT2D eigenvalue weighted by Gasteiger charge is -2.40. The van der Waals surface area contributed by atoms with Crippen molar-refractivity contribution < 1.29 is 58.2 Å². The standard InChI is InChI=1S/C59H108O12/c1-4-7-10-13-16-19-21-23-25-26-28-29-31-34-36-39-42-45-51(60)67-48-50(69-52(61)46-43-40-38-35-32-30-27-24-22-20-17-14-11-8-5-2)49-68-59-57(55(64)54(63)56(71-59)58(65)66)70-53(62)47-44-41-37-33-18-15-12-9-6-3/h24,27,50,54-57,59,63-64H,4-23,25-26,28-49H2,1-3H3,(H,65,66)/b27-24-. The molecule has 1 fully saturated rings. The summed E-state index contributed by atoms with van der Waals surface area (Å²) in [5, 5.41) is 31.4. The zero-order valence-electron chi connectivity index (χ0n) is 45.7. The van der Waals surface area contributed by atoms with Crippen LogP contribution in [-0.2, 0) is 42.9 Å². The Hall–Kier alpha value is -2.54. The Morgan fingerprint density at radius 1 is 0.451 bits per heavy atom. The highest BCUT2D eigenvalue weighted by Crippen LogP contribution is 2.27. The van der Waals surface area contributed by atoms with Crippen LogP contribution in [0.1, 0.15) is 290 Å². The number of hydrogen-bond donors (Lipinski definition) is 3. The molecule has 0 spiro atoms. The molecular formula is C59H108O12. The molecule has 12 heteroatoms. The molecule has 0 radical (unpaired) electrons. The van der Waals surface area contributed by atoms with Crippen molar-refractivity contribution in [3.05, 3.63) is 12.2 Å². The minimum absolute atomic E-state index is 0.0657. The van der Waals surface area contributed by atoms with Crippen molar-refractivity contribution in [3.63, 3.8) is 0 Å². The van der Waals surface area contributed by atoms with E-state index in [-0.39, 0.29) is 25.9 Å². The van der Waals surface area contributed by atoms with E-state index in [9.17, 15) is 34.5 Å². The Labute approximate surface area is 433 Å². The molecule has 1 aliphatic rings. The smallest absolute Gasteiger partial charge is 0.335 e. The second-order valence-corrected chi connectivity index (χ2v) is 20.6. The number of unbranched alkanes of at least 4 members (excludes halogenated alkanes) is 35. The molecule has 0 bridgehead atoms. The van der Waals surface area contributed by atoms with E-state index in [0.29, 0.717) is 19.3 Å². The molecule has 6 atom stereocenters. The molecule has 3 N–H and O–H groups in total. The maximum absolute atomic E-state index is 13.1. The maximum atomic E-state index is 13.1. The number of esters is 3. The van der Waals surface area contributed by atoms with Gasteiger partial charge in [0.15, 0.2) is 24.6 Å². The average Bonchev–Trinajstić information content (AvgIpc) is 3.35. The third-order valence-corrected chi connectivity index (χ3v) is 13.8. The number of rotatable bonds is 51. The van der Waals surface area contributed by atoms with Gasteiger partial charge < -0.3 is 39.0 Å². The molecule has 0 aromatic heterocycles. The molecule has 0 amide bonds. The second kappa shape index (κ2) is 48.4. The first-order chi connectivity index (χ1) is 34.6. The first-order valence-corrected chi connectivity index (χ1v) is 29.7. The molecule has 0 aromatic carbocycles. The van der Waals surface area contributed by atoms with Gasteiger partial charge in [-0.2, -0.15) is 0 Å². The van der Waals surface area contributed by atoms with Gasteiger partial charge in [-0.05, 0) is 44.9 Å². The van der Waals surface area contributed by atoms with Crippen LogP contribution in [0, 0.1) is 0 Å². The number of aliphatic carboxylic acids is 1. The summed E-state index contributed by atoms with van der Waals surface area (Å²) in [6, 6.07) is 0. The molecule has 12 nitrogen and oxygen atoms in total. The highest BCUT2D eigenvalue weighted by molar-refractivity contribution is 5.74. The van der Waals surface area contributed by atoms with Gasteiger partial charge in [0.2, 0.25) is 0 Å². The molecule has 0 aromatic rings. The van der Waals surface area contributed by atoms with Gasteiger partial charge in [0.05, 0.1) is 6.61 Å². The molecule has 6 unspecified atom stereocenters. The van der Waals surface area contributed by atoms with Crippen molar-refractivity contribution in [2.45, 2.75) is 327 Å². The molecule has 71 heavy (non-hydrogen) atoms. The van der Waals surface area contributed by atoms with E-state index < -0.39 is 67.3 Å². The maximum Gasteiger partial charge on any atom is 0.335 e. The van der Waals surface area contributed by atoms with Crippen LogP contribution in [0.2, 0.25) is 0 Å². The molecule has 1 aliphatic heterocycles. The van der Waals surface area contributed by atoms with Crippen molar-refractivity contribution >= 4 is 23.9 Å². The SMILES string of the molecule is CCCCCCCC/C=C\CCCCCCCC(=O)OC(COC(=O)CCCCCCCCCCCCCCCCCCC)COC1OC(C(=O)O)C(O)C(O)C1OC(=O)CCCCCCCCCCC. The Kier molecular flexibility index (Phi) is 45.3. The zero-order chi connectivity index (χ0) is 51.8. The number of carbonyl (C=O) groups excluding carboxylic acids is 3. The predicted octanol–water partition coefficient (Wildman–Crippen LogP) is 14.9. The Morgan fingerprint density at radius 3 is 1.20 bits per heavy atom. The predicted molar refractivity (Wildman–Crippen MR) is 285 cm³/mol. The van der Waals surface area contributed by atoms with Gasteiger partial charge in [0, 0.05) is 19.3 Å². The second-order valence-electron chi connectivity index (χ2n) is 20.6. The Bertz CT molecular complexity index is 1290. The van der Waals surface area contributed by atoms with E-state index in [1.807, 2.05) is 0 Å². The van der Waals surface area contributed by atoms with Gasteiger partial charge in [-0.1, -0.05) is 238 Å². The monoisotopic (exact) mass is 1010 g/mol. The number of hydrogen-bond acceptors (Lipinski definition) is 11. The van der Waals surface area contributed by atoms with E-state index >= 15 is 0 Å². The van der Waals surface area contributed by atoms with Crippen LogP contribution in [0.15, 0.2) is 12.2 Å². The molecule has 1 rings (SSSR count). The first kappa shape index (κ1) is 66.5. The number of ether oxygens (including phenoxy) is 5. The van der Waals surface area contributed by atoms with Crippen LogP contribution in [0.5, 0.6) is 0 Å². The normalized spacial score (nSPS) is 18.5.